The van der Waals surface area contributed by atoms with E-state index in [2.05, 4.69) is 10.4 Å². The van der Waals surface area contributed by atoms with Crippen LogP contribution in [-0.2, 0) is 11.8 Å². The minimum Gasteiger partial charge on any atom is -0.352 e. The molecule has 0 spiro atoms. The second kappa shape index (κ2) is 7.59. The van der Waals surface area contributed by atoms with Gasteiger partial charge < -0.3 is 16.0 Å². The lowest BCUT2D eigenvalue weighted by Gasteiger charge is -2.34. The van der Waals surface area contributed by atoms with Gasteiger partial charge in [-0.3, -0.25) is 14.3 Å². The first-order valence-corrected chi connectivity index (χ1v) is 8.19. The summed E-state index contributed by atoms with van der Waals surface area (Å²) in [6, 6.07) is -0.420. The molecule has 0 radical (unpaired) electrons. The smallest absolute Gasteiger partial charge is 0.254 e. The van der Waals surface area contributed by atoms with Gasteiger partial charge in [0.2, 0.25) is 5.91 Å². The molecule has 2 amide bonds. The molecule has 1 aliphatic rings. The molecule has 0 aromatic carbocycles. The van der Waals surface area contributed by atoms with Gasteiger partial charge in [-0.15, -0.1) is 0 Å². The summed E-state index contributed by atoms with van der Waals surface area (Å²) in [6.07, 6.45) is 5.04. The fraction of sp³-hybridized carbons (Fsp3) is 0.688. The van der Waals surface area contributed by atoms with Crippen molar-refractivity contribution >= 4 is 11.8 Å². The van der Waals surface area contributed by atoms with E-state index in [1.165, 1.54) is 0 Å². The zero-order chi connectivity index (χ0) is 17.0. The Labute approximate surface area is 137 Å². The van der Waals surface area contributed by atoms with Crippen molar-refractivity contribution < 1.29 is 9.59 Å². The average molecular weight is 321 g/mol. The summed E-state index contributed by atoms with van der Waals surface area (Å²) in [5.41, 5.74) is 6.51. The molecule has 128 valence electrons. The normalized spacial score (nSPS) is 17.3. The number of piperidine rings is 1. The van der Waals surface area contributed by atoms with Crippen molar-refractivity contribution in [2.45, 2.75) is 32.7 Å². The third-order valence-corrected chi connectivity index (χ3v) is 4.45. The van der Waals surface area contributed by atoms with E-state index in [4.69, 9.17) is 5.73 Å². The maximum atomic E-state index is 12.2. The van der Waals surface area contributed by atoms with Crippen LogP contribution in [-0.4, -0.2) is 52.2 Å². The fourth-order valence-electron chi connectivity index (χ4n) is 2.73. The molecule has 0 bridgehead atoms. The number of nitrogens with zero attached hydrogens (tertiary/aromatic N) is 3. The highest BCUT2D eigenvalue weighted by atomic mass is 16.2. The number of hydrogen-bond donors (Lipinski definition) is 2. The molecule has 1 aromatic rings. The Kier molecular flexibility index (Phi) is 5.76. The molecule has 7 nitrogen and oxygen atoms in total. The summed E-state index contributed by atoms with van der Waals surface area (Å²) in [5.74, 6) is 0.491. The maximum absolute atomic E-state index is 12.2. The minimum atomic E-state index is -0.420. The van der Waals surface area contributed by atoms with Crippen molar-refractivity contribution in [1.82, 2.24) is 20.0 Å². The third-order valence-electron chi connectivity index (χ3n) is 4.45. The molecule has 2 rings (SSSR count). The van der Waals surface area contributed by atoms with Gasteiger partial charge in [-0.25, -0.2) is 0 Å². The van der Waals surface area contributed by atoms with Gasteiger partial charge in [0.1, 0.15) is 0 Å². The Morgan fingerprint density at radius 1 is 1.39 bits per heavy atom. The molecule has 1 aromatic heterocycles. The van der Waals surface area contributed by atoms with Gasteiger partial charge in [-0.2, -0.15) is 5.10 Å². The van der Waals surface area contributed by atoms with Crippen LogP contribution in [0.15, 0.2) is 12.4 Å². The topological polar surface area (TPSA) is 93.2 Å². The molecule has 7 heteroatoms. The van der Waals surface area contributed by atoms with E-state index < -0.39 is 6.04 Å². The summed E-state index contributed by atoms with van der Waals surface area (Å²) < 4.78 is 1.61. The number of rotatable bonds is 5. The van der Waals surface area contributed by atoms with E-state index in [1.54, 1.807) is 24.1 Å². The van der Waals surface area contributed by atoms with E-state index in [-0.39, 0.29) is 17.7 Å². The molecule has 0 unspecified atom stereocenters. The summed E-state index contributed by atoms with van der Waals surface area (Å²) in [5, 5.41) is 6.94. The second-order valence-corrected chi connectivity index (χ2v) is 6.65. The van der Waals surface area contributed by atoms with Gasteiger partial charge in [-0.1, -0.05) is 13.8 Å². The highest BCUT2D eigenvalue weighted by Gasteiger charge is 2.27. The monoisotopic (exact) mass is 321 g/mol. The van der Waals surface area contributed by atoms with Crippen LogP contribution in [0.3, 0.4) is 0 Å². The number of aromatic nitrogens is 2. The molecule has 1 atom stereocenters. The Balaban J connectivity index is 1.74. The first kappa shape index (κ1) is 17.5. The van der Waals surface area contributed by atoms with Crippen LogP contribution in [0, 0.1) is 11.8 Å². The van der Waals surface area contributed by atoms with Crippen LogP contribution in [0.25, 0.3) is 0 Å². The van der Waals surface area contributed by atoms with E-state index >= 15 is 0 Å². The summed E-state index contributed by atoms with van der Waals surface area (Å²) >= 11 is 0. The van der Waals surface area contributed by atoms with Crippen molar-refractivity contribution in [3.63, 3.8) is 0 Å². The molecule has 0 aliphatic carbocycles. The van der Waals surface area contributed by atoms with Crippen LogP contribution in [0.2, 0.25) is 0 Å². The first-order chi connectivity index (χ1) is 10.9. The minimum absolute atomic E-state index is 0.0397. The SMILES string of the molecule is CC(C)[C@H](N)C(=O)N1CCC(CNC(=O)c2cnn(C)c2)CC1. The Morgan fingerprint density at radius 2 is 2.04 bits per heavy atom. The number of carbonyl (C=O) groups excluding carboxylic acids is 2. The predicted molar refractivity (Wildman–Crippen MR) is 87.7 cm³/mol. The summed E-state index contributed by atoms with van der Waals surface area (Å²) in [7, 11) is 1.78. The van der Waals surface area contributed by atoms with Gasteiger partial charge in [0.25, 0.3) is 5.91 Å². The molecule has 2 heterocycles. The fourth-order valence-corrected chi connectivity index (χ4v) is 2.73. The van der Waals surface area contributed by atoms with Gasteiger partial charge in [0.05, 0.1) is 17.8 Å². The van der Waals surface area contributed by atoms with E-state index in [0.29, 0.717) is 31.1 Å². The Morgan fingerprint density at radius 3 is 2.57 bits per heavy atom. The summed E-state index contributed by atoms with van der Waals surface area (Å²) in [6.45, 7) is 5.98. The van der Waals surface area contributed by atoms with Crippen LogP contribution in [0.4, 0.5) is 0 Å². The van der Waals surface area contributed by atoms with Crippen molar-refractivity contribution in [1.29, 1.82) is 0 Å². The van der Waals surface area contributed by atoms with Crippen LogP contribution < -0.4 is 11.1 Å². The first-order valence-electron chi connectivity index (χ1n) is 8.19. The second-order valence-electron chi connectivity index (χ2n) is 6.65. The number of nitrogens with two attached hydrogens (primary N) is 1. The molecule has 1 fully saturated rings. The number of aryl methyl sites for hydroxylation is 1. The van der Waals surface area contributed by atoms with Crippen LogP contribution in [0.1, 0.15) is 37.0 Å². The Bertz CT molecular complexity index is 546. The van der Waals surface area contributed by atoms with Crippen LogP contribution >= 0.6 is 0 Å². The number of nitrogens with one attached hydrogen (secondary N) is 1. The summed E-state index contributed by atoms with van der Waals surface area (Å²) in [4.78, 5) is 26.1. The van der Waals surface area contributed by atoms with Gasteiger partial charge in [-0.05, 0) is 24.7 Å². The molecule has 23 heavy (non-hydrogen) atoms. The highest BCUT2D eigenvalue weighted by molar-refractivity contribution is 5.93. The number of likely N-dealkylation sites (tertiary alicyclic amines) is 1. The lowest BCUT2D eigenvalue weighted by Crippen LogP contribution is -2.50. The van der Waals surface area contributed by atoms with E-state index in [0.717, 1.165) is 12.8 Å². The third kappa shape index (κ3) is 4.54. The molecule has 3 N–H and O–H groups in total. The zero-order valence-electron chi connectivity index (χ0n) is 14.2. The van der Waals surface area contributed by atoms with Crippen molar-refractivity contribution in [3.8, 4) is 0 Å². The van der Waals surface area contributed by atoms with Crippen LogP contribution in [0.5, 0.6) is 0 Å². The number of carbonyl (C=O) groups is 2. The lowest BCUT2D eigenvalue weighted by molar-refractivity contribution is -0.134. The predicted octanol–water partition coefficient (Wildman–Crippen LogP) is 0.372. The molecule has 1 aliphatic heterocycles. The van der Waals surface area contributed by atoms with E-state index in [9.17, 15) is 9.59 Å². The quantitative estimate of drug-likeness (QED) is 0.819. The van der Waals surface area contributed by atoms with Gasteiger partial charge in [0, 0.05) is 32.9 Å². The van der Waals surface area contributed by atoms with Gasteiger partial charge >= 0.3 is 0 Å². The van der Waals surface area contributed by atoms with Gasteiger partial charge in [0.15, 0.2) is 0 Å². The maximum Gasteiger partial charge on any atom is 0.254 e. The standard InChI is InChI=1S/C16H27N5O2/c1-11(2)14(17)16(23)21-6-4-12(5-7-21)8-18-15(22)13-9-19-20(3)10-13/h9-12,14H,4-8,17H2,1-3H3,(H,18,22)/t14-/m0/s1. The lowest BCUT2D eigenvalue weighted by atomic mass is 9.95. The molecule has 0 saturated carbocycles. The van der Waals surface area contributed by atoms with E-state index in [1.807, 2.05) is 18.7 Å². The zero-order valence-corrected chi connectivity index (χ0v) is 14.2. The number of hydrogen-bond acceptors (Lipinski definition) is 4. The molecule has 1 saturated heterocycles. The van der Waals surface area contributed by atoms with Crippen molar-refractivity contribution in [2.75, 3.05) is 19.6 Å². The average Bonchev–Trinajstić information content (AvgIpc) is 2.98. The Hall–Kier alpha value is -1.89. The highest BCUT2D eigenvalue weighted by Crippen LogP contribution is 2.18. The van der Waals surface area contributed by atoms with Crippen molar-refractivity contribution in [3.05, 3.63) is 18.0 Å². The number of amides is 2. The molecular weight excluding hydrogens is 294 g/mol. The molecular formula is C16H27N5O2. The van der Waals surface area contributed by atoms with Crippen molar-refractivity contribution in [2.24, 2.45) is 24.6 Å². The largest absolute Gasteiger partial charge is 0.352 e.